The van der Waals surface area contributed by atoms with E-state index in [1.54, 1.807) is 0 Å². The summed E-state index contributed by atoms with van der Waals surface area (Å²) in [5.41, 5.74) is 2.61. The lowest BCUT2D eigenvalue weighted by Gasteiger charge is -2.45. The van der Waals surface area contributed by atoms with Gasteiger partial charge in [-0.1, -0.05) is 51.2 Å². The Kier molecular flexibility index (Phi) is 5.85. The predicted octanol–water partition coefficient (Wildman–Crippen LogP) is 6.26. The van der Waals surface area contributed by atoms with E-state index in [-0.39, 0.29) is 10.5 Å². The minimum atomic E-state index is -1.74. The molecule has 0 unspecified atom stereocenters. The van der Waals surface area contributed by atoms with Crippen LogP contribution in [0.4, 0.5) is 0 Å². The van der Waals surface area contributed by atoms with Crippen LogP contribution in [0.25, 0.3) is 0 Å². The maximum atomic E-state index is 6.56. The molecule has 0 spiro atoms. The second-order valence-corrected chi connectivity index (χ2v) is 12.8. The predicted molar refractivity (Wildman–Crippen MR) is 97.1 cm³/mol. The standard InChI is InChI=1S/C19H34OSi/c1-9-10-14-19(16(2)12-11-13-17(19)3)15-20-21(7,8)18(4,5)6/h9H,1-3,10-15H2,4-8H3. The summed E-state index contributed by atoms with van der Waals surface area (Å²) < 4.78 is 6.56. The van der Waals surface area contributed by atoms with Crippen LogP contribution in [0.1, 0.15) is 52.9 Å². The van der Waals surface area contributed by atoms with Gasteiger partial charge in [0.15, 0.2) is 8.32 Å². The second-order valence-electron chi connectivity index (χ2n) is 8.02. The summed E-state index contributed by atoms with van der Waals surface area (Å²) in [6.45, 7) is 24.9. The summed E-state index contributed by atoms with van der Waals surface area (Å²) in [4.78, 5) is 0. The zero-order valence-electron chi connectivity index (χ0n) is 14.8. The van der Waals surface area contributed by atoms with Crippen LogP contribution in [0, 0.1) is 5.41 Å². The van der Waals surface area contributed by atoms with Crippen LogP contribution in [-0.4, -0.2) is 14.9 Å². The molecule has 0 amide bonds. The Morgan fingerprint density at radius 2 is 1.71 bits per heavy atom. The average Bonchev–Trinajstić information content (AvgIpc) is 2.36. The minimum absolute atomic E-state index is 0.0258. The van der Waals surface area contributed by atoms with Gasteiger partial charge in [-0.3, -0.25) is 0 Å². The molecular weight excluding hydrogens is 272 g/mol. The summed E-state index contributed by atoms with van der Waals surface area (Å²) in [6.07, 6.45) is 7.45. The first-order valence-electron chi connectivity index (χ1n) is 8.18. The molecule has 0 bridgehead atoms. The van der Waals surface area contributed by atoms with E-state index < -0.39 is 8.32 Å². The molecule has 21 heavy (non-hydrogen) atoms. The molecule has 1 nitrogen and oxygen atoms in total. The van der Waals surface area contributed by atoms with E-state index in [9.17, 15) is 0 Å². The van der Waals surface area contributed by atoms with Gasteiger partial charge in [-0.05, 0) is 50.2 Å². The number of hydrogen-bond donors (Lipinski definition) is 0. The van der Waals surface area contributed by atoms with Crippen molar-refractivity contribution >= 4 is 8.32 Å². The van der Waals surface area contributed by atoms with Crippen LogP contribution < -0.4 is 0 Å². The first-order chi connectivity index (χ1) is 9.57. The molecule has 0 aliphatic heterocycles. The van der Waals surface area contributed by atoms with E-state index in [0.717, 1.165) is 32.3 Å². The summed E-state index contributed by atoms with van der Waals surface area (Å²) in [5.74, 6) is 0. The molecule has 0 atom stereocenters. The molecule has 0 saturated heterocycles. The van der Waals surface area contributed by atoms with Crippen molar-refractivity contribution in [2.45, 2.75) is 71.0 Å². The highest BCUT2D eigenvalue weighted by Crippen LogP contribution is 2.48. The maximum absolute atomic E-state index is 6.56. The SMILES string of the molecule is C=CCCC1(CO[Si](C)(C)C(C)(C)C)C(=C)CCCC1=C. The van der Waals surface area contributed by atoms with Gasteiger partial charge in [-0.2, -0.15) is 0 Å². The van der Waals surface area contributed by atoms with Gasteiger partial charge >= 0.3 is 0 Å². The first-order valence-corrected chi connectivity index (χ1v) is 11.1. The monoisotopic (exact) mass is 306 g/mol. The van der Waals surface area contributed by atoms with E-state index in [1.807, 2.05) is 6.08 Å². The van der Waals surface area contributed by atoms with Crippen molar-refractivity contribution < 1.29 is 4.43 Å². The maximum Gasteiger partial charge on any atom is 0.192 e. The third kappa shape index (κ3) is 3.98. The van der Waals surface area contributed by atoms with Gasteiger partial charge in [-0.25, -0.2) is 0 Å². The third-order valence-electron chi connectivity index (χ3n) is 5.57. The van der Waals surface area contributed by atoms with Crippen LogP contribution in [0.3, 0.4) is 0 Å². The summed E-state index contributed by atoms with van der Waals surface area (Å²) in [7, 11) is -1.74. The van der Waals surface area contributed by atoms with Crippen molar-refractivity contribution in [3.63, 3.8) is 0 Å². The number of allylic oxidation sites excluding steroid dienone is 1. The Bertz CT molecular complexity index is 396. The highest BCUT2D eigenvalue weighted by molar-refractivity contribution is 6.74. The summed E-state index contributed by atoms with van der Waals surface area (Å²) in [5, 5.41) is 0.240. The molecule has 0 aromatic heterocycles. The quantitative estimate of drug-likeness (QED) is 0.416. The molecule has 0 heterocycles. The van der Waals surface area contributed by atoms with Crippen LogP contribution >= 0.6 is 0 Å². The van der Waals surface area contributed by atoms with Crippen LogP contribution in [0.2, 0.25) is 18.1 Å². The third-order valence-corrected chi connectivity index (χ3v) is 10.0. The van der Waals surface area contributed by atoms with Gasteiger partial charge in [0, 0.05) is 12.0 Å². The van der Waals surface area contributed by atoms with Gasteiger partial charge in [0.25, 0.3) is 0 Å². The molecule has 1 aliphatic rings. The molecule has 120 valence electrons. The van der Waals surface area contributed by atoms with Crippen molar-refractivity contribution in [1.29, 1.82) is 0 Å². The Balaban J connectivity index is 2.96. The molecular formula is C19H34OSi. The Morgan fingerprint density at radius 3 is 2.14 bits per heavy atom. The van der Waals surface area contributed by atoms with E-state index in [4.69, 9.17) is 4.43 Å². The topological polar surface area (TPSA) is 9.23 Å². The van der Waals surface area contributed by atoms with Gasteiger partial charge in [-0.15, -0.1) is 6.58 Å². The number of rotatable bonds is 6. The fourth-order valence-electron chi connectivity index (χ4n) is 2.74. The second kappa shape index (κ2) is 6.66. The first kappa shape index (κ1) is 18.4. The summed E-state index contributed by atoms with van der Waals surface area (Å²) >= 11 is 0. The van der Waals surface area contributed by atoms with Crippen LogP contribution in [-0.2, 0) is 4.43 Å². The van der Waals surface area contributed by atoms with E-state index in [0.29, 0.717) is 0 Å². The van der Waals surface area contributed by atoms with Crippen molar-refractivity contribution in [3.05, 3.63) is 37.0 Å². The molecule has 1 rings (SSSR count). The smallest absolute Gasteiger partial charge is 0.192 e. The fraction of sp³-hybridized carbons (Fsp3) is 0.684. The molecule has 0 radical (unpaired) electrons. The molecule has 0 aromatic carbocycles. The van der Waals surface area contributed by atoms with Crippen molar-refractivity contribution in [2.75, 3.05) is 6.61 Å². The largest absolute Gasteiger partial charge is 0.416 e. The minimum Gasteiger partial charge on any atom is -0.416 e. The zero-order chi connectivity index (χ0) is 16.3. The Hall–Kier alpha value is -0.603. The van der Waals surface area contributed by atoms with Crippen molar-refractivity contribution in [2.24, 2.45) is 5.41 Å². The van der Waals surface area contributed by atoms with Crippen molar-refractivity contribution in [3.8, 4) is 0 Å². The molecule has 1 saturated carbocycles. The lowest BCUT2D eigenvalue weighted by molar-refractivity contribution is 0.170. The molecule has 1 aliphatic carbocycles. The van der Waals surface area contributed by atoms with Crippen molar-refractivity contribution in [1.82, 2.24) is 0 Å². The van der Waals surface area contributed by atoms with Gasteiger partial charge in [0.2, 0.25) is 0 Å². The normalized spacial score (nSPS) is 19.7. The Morgan fingerprint density at radius 1 is 1.19 bits per heavy atom. The van der Waals surface area contributed by atoms with Gasteiger partial charge < -0.3 is 4.43 Å². The van der Waals surface area contributed by atoms with Crippen LogP contribution in [0.5, 0.6) is 0 Å². The highest BCUT2D eigenvalue weighted by Gasteiger charge is 2.43. The Labute approximate surface area is 133 Å². The van der Waals surface area contributed by atoms with E-state index in [1.165, 1.54) is 17.6 Å². The lowest BCUT2D eigenvalue weighted by Crippen LogP contribution is -2.45. The number of hydrogen-bond acceptors (Lipinski definition) is 1. The van der Waals surface area contributed by atoms with Gasteiger partial charge in [0.1, 0.15) is 0 Å². The molecule has 2 heteroatoms. The molecule has 0 N–H and O–H groups in total. The fourth-order valence-corrected chi connectivity index (χ4v) is 3.78. The van der Waals surface area contributed by atoms with Gasteiger partial charge in [0.05, 0.1) is 0 Å². The average molecular weight is 307 g/mol. The van der Waals surface area contributed by atoms with Crippen LogP contribution in [0.15, 0.2) is 37.0 Å². The van der Waals surface area contributed by atoms with E-state index in [2.05, 4.69) is 53.6 Å². The zero-order valence-corrected chi connectivity index (χ0v) is 15.8. The summed E-state index contributed by atoms with van der Waals surface area (Å²) in [6, 6.07) is 0. The highest BCUT2D eigenvalue weighted by atomic mass is 28.4. The molecule has 0 aromatic rings. The van der Waals surface area contributed by atoms with E-state index >= 15 is 0 Å². The lowest BCUT2D eigenvalue weighted by atomic mass is 9.66. The molecule has 1 fully saturated rings.